The Morgan fingerprint density at radius 1 is 1.18 bits per heavy atom. The van der Waals surface area contributed by atoms with Crippen LogP contribution in [0.1, 0.15) is 24.8 Å². The van der Waals surface area contributed by atoms with Gasteiger partial charge in [-0.3, -0.25) is 0 Å². The molecule has 3 heteroatoms. The zero-order valence-electron chi connectivity index (χ0n) is 10.3. The molecule has 0 unspecified atom stereocenters. The molecule has 1 aromatic carbocycles. The number of hydrogen-bond acceptors (Lipinski definition) is 2. The largest absolute Gasteiger partial charge is 0.313 e. The minimum absolute atomic E-state index is 0.112. The fourth-order valence-corrected chi connectivity index (χ4v) is 2.30. The van der Waals surface area contributed by atoms with Gasteiger partial charge in [-0.15, -0.1) is 0 Å². The van der Waals surface area contributed by atoms with Crippen molar-refractivity contribution in [2.45, 2.75) is 25.8 Å². The molecule has 1 saturated heterocycles. The standard InChI is InChI=1S/C14H21FN2/c15-14-7-2-1-6-13(14)12-16-8-5-11-17-9-3-4-10-17/h1-2,6-7,16H,3-5,8-12H2. The Kier molecular flexibility index (Phi) is 4.95. The zero-order chi connectivity index (χ0) is 11.9. The summed E-state index contributed by atoms with van der Waals surface area (Å²) in [5, 5.41) is 3.30. The Morgan fingerprint density at radius 3 is 2.71 bits per heavy atom. The van der Waals surface area contributed by atoms with E-state index in [1.165, 1.54) is 38.5 Å². The van der Waals surface area contributed by atoms with Crippen molar-refractivity contribution < 1.29 is 4.39 Å². The molecule has 1 heterocycles. The first-order valence-electron chi connectivity index (χ1n) is 6.53. The monoisotopic (exact) mass is 236 g/mol. The molecule has 0 radical (unpaired) electrons. The van der Waals surface area contributed by atoms with Crippen molar-refractivity contribution in [3.8, 4) is 0 Å². The Morgan fingerprint density at radius 2 is 1.94 bits per heavy atom. The first-order chi connectivity index (χ1) is 8.36. The van der Waals surface area contributed by atoms with Gasteiger partial charge in [-0.25, -0.2) is 4.39 Å². The molecule has 0 atom stereocenters. The summed E-state index contributed by atoms with van der Waals surface area (Å²) in [6.45, 7) is 5.28. The molecule has 17 heavy (non-hydrogen) atoms. The van der Waals surface area contributed by atoms with Crippen LogP contribution < -0.4 is 5.32 Å². The van der Waals surface area contributed by atoms with Gasteiger partial charge in [0, 0.05) is 12.1 Å². The molecule has 0 spiro atoms. The molecule has 0 bridgehead atoms. The highest BCUT2D eigenvalue weighted by Crippen LogP contribution is 2.07. The number of benzene rings is 1. The lowest BCUT2D eigenvalue weighted by Gasteiger charge is -2.14. The van der Waals surface area contributed by atoms with E-state index in [1.54, 1.807) is 6.07 Å². The van der Waals surface area contributed by atoms with E-state index < -0.39 is 0 Å². The van der Waals surface area contributed by atoms with Crippen LogP contribution in [0.15, 0.2) is 24.3 Å². The third-order valence-electron chi connectivity index (χ3n) is 3.30. The van der Waals surface area contributed by atoms with Crippen LogP contribution in [0.2, 0.25) is 0 Å². The number of nitrogens with zero attached hydrogens (tertiary/aromatic N) is 1. The molecule has 0 aromatic heterocycles. The van der Waals surface area contributed by atoms with E-state index in [4.69, 9.17) is 0 Å². The molecule has 2 nitrogen and oxygen atoms in total. The summed E-state index contributed by atoms with van der Waals surface area (Å²) in [6.07, 6.45) is 3.85. The van der Waals surface area contributed by atoms with Crippen LogP contribution in [0, 0.1) is 5.82 Å². The van der Waals surface area contributed by atoms with Gasteiger partial charge in [0.1, 0.15) is 5.82 Å². The molecule has 94 valence electrons. The summed E-state index contributed by atoms with van der Waals surface area (Å²) in [6, 6.07) is 6.96. The van der Waals surface area contributed by atoms with Gasteiger partial charge >= 0.3 is 0 Å². The van der Waals surface area contributed by atoms with Crippen molar-refractivity contribution in [1.29, 1.82) is 0 Å². The van der Waals surface area contributed by atoms with Gasteiger partial charge < -0.3 is 10.2 Å². The Labute approximate surface area is 103 Å². The van der Waals surface area contributed by atoms with E-state index in [1.807, 2.05) is 12.1 Å². The lowest BCUT2D eigenvalue weighted by Crippen LogP contribution is -2.24. The van der Waals surface area contributed by atoms with Crippen molar-refractivity contribution in [2.24, 2.45) is 0 Å². The predicted molar refractivity (Wildman–Crippen MR) is 68.4 cm³/mol. The fraction of sp³-hybridized carbons (Fsp3) is 0.571. The Balaban J connectivity index is 1.58. The van der Waals surface area contributed by atoms with Crippen LogP contribution in [0.4, 0.5) is 4.39 Å². The van der Waals surface area contributed by atoms with E-state index in [0.717, 1.165) is 18.5 Å². The van der Waals surface area contributed by atoms with Crippen molar-refractivity contribution >= 4 is 0 Å². The summed E-state index contributed by atoms with van der Waals surface area (Å²) in [7, 11) is 0. The smallest absolute Gasteiger partial charge is 0.127 e. The number of likely N-dealkylation sites (tertiary alicyclic amines) is 1. The average molecular weight is 236 g/mol. The third kappa shape index (κ3) is 4.10. The molecule has 1 N–H and O–H groups in total. The van der Waals surface area contributed by atoms with Gasteiger partial charge in [-0.05, 0) is 51.5 Å². The second-order valence-corrected chi connectivity index (χ2v) is 4.67. The molecule has 0 amide bonds. The van der Waals surface area contributed by atoms with Gasteiger partial charge in [0.2, 0.25) is 0 Å². The highest BCUT2D eigenvalue weighted by Gasteiger charge is 2.09. The van der Waals surface area contributed by atoms with Crippen molar-refractivity contribution in [3.05, 3.63) is 35.6 Å². The second-order valence-electron chi connectivity index (χ2n) is 4.67. The van der Waals surface area contributed by atoms with Gasteiger partial charge in [0.05, 0.1) is 0 Å². The van der Waals surface area contributed by atoms with Crippen molar-refractivity contribution in [3.63, 3.8) is 0 Å². The fourth-order valence-electron chi connectivity index (χ4n) is 2.30. The molecular formula is C14H21FN2. The molecule has 1 aromatic rings. The van der Waals surface area contributed by atoms with E-state index in [9.17, 15) is 4.39 Å². The third-order valence-corrected chi connectivity index (χ3v) is 3.30. The zero-order valence-corrected chi connectivity index (χ0v) is 10.3. The maximum absolute atomic E-state index is 13.3. The van der Waals surface area contributed by atoms with E-state index in [0.29, 0.717) is 6.54 Å². The normalized spacial score (nSPS) is 16.5. The molecular weight excluding hydrogens is 215 g/mol. The van der Waals surface area contributed by atoms with E-state index in [2.05, 4.69) is 10.2 Å². The topological polar surface area (TPSA) is 15.3 Å². The van der Waals surface area contributed by atoms with Gasteiger partial charge in [-0.2, -0.15) is 0 Å². The summed E-state index contributed by atoms with van der Waals surface area (Å²) in [5.41, 5.74) is 0.758. The average Bonchev–Trinajstić information content (AvgIpc) is 2.84. The quantitative estimate of drug-likeness (QED) is 0.763. The number of nitrogens with one attached hydrogen (secondary N) is 1. The van der Waals surface area contributed by atoms with Crippen LogP contribution >= 0.6 is 0 Å². The maximum atomic E-state index is 13.3. The van der Waals surface area contributed by atoms with Crippen molar-refractivity contribution in [2.75, 3.05) is 26.2 Å². The second kappa shape index (κ2) is 6.72. The van der Waals surface area contributed by atoms with Crippen LogP contribution in [0.25, 0.3) is 0 Å². The first-order valence-corrected chi connectivity index (χ1v) is 6.53. The minimum atomic E-state index is -0.112. The van der Waals surface area contributed by atoms with Crippen LogP contribution in [-0.4, -0.2) is 31.1 Å². The van der Waals surface area contributed by atoms with Crippen molar-refractivity contribution in [1.82, 2.24) is 10.2 Å². The number of halogens is 1. The SMILES string of the molecule is Fc1ccccc1CNCCCN1CCCC1. The predicted octanol–water partition coefficient (Wildman–Crippen LogP) is 2.40. The highest BCUT2D eigenvalue weighted by molar-refractivity contribution is 5.16. The van der Waals surface area contributed by atoms with E-state index >= 15 is 0 Å². The first kappa shape index (κ1) is 12.5. The Bertz CT molecular complexity index is 335. The lowest BCUT2D eigenvalue weighted by molar-refractivity contribution is 0.331. The number of hydrogen-bond donors (Lipinski definition) is 1. The van der Waals surface area contributed by atoms with E-state index in [-0.39, 0.29) is 5.82 Å². The van der Waals surface area contributed by atoms with Crippen LogP contribution in [0.5, 0.6) is 0 Å². The van der Waals surface area contributed by atoms with Gasteiger partial charge in [-0.1, -0.05) is 18.2 Å². The molecule has 2 rings (SSSR count). The highest BCUT2D eigenvalue weighted by atomic mass is 19.1. The maximum Gasteiger partial charge on any atom is 0.127 e. The van der Waals surface area contributed by atoms with Crippen LogP contribution in [0.3, 0.4) is 0 Å². The summed E-state index contributed by atoms with van der Waals surface area (Å²) >= 11 is 0. The van der Waals surface area contributed by atoms with Gasteiger partial charge in [0.15, 0.2) is 0 Å². The molecule has 0 aliphatic carbocycles. The molecule has 1 aliphatic heterocycles. The lowest BCUT2D eigenvalue weighted by atomic mass is 10.2. The molecule has 0 saturated carbocycles. The van der Waals surface area contributed by atoms with Crippen LogP contribution in [-0.2, 0) is 6.54 Å². The summed E-state index contributed by atoms with van der Waals surface area (Å²) < 4.78 is 13.3. The molecule has 1 aliphatic rings. The minimum Gasteiger partial charge on any atom is -0.313 e. The van der Waals surface area contributed by atoms with Gasteiger partial charge in [0.25, 0.3) is 0 Å². The Hall–Kier alpha value is -0.930. The summed E-state index contributed by atoms with van der Waals surface area (Å²) in [4.78, 5) is 2.50. The molecule has 1 fully saturated rings. The summed E-state index contributed by atoms with van der Waals surface area (Å²) in [5.74, 6) is -0.112. The number of rotatable bonds is 6.